The first-order valence-electron chi connectivity index (χ1n) is 9.22. The molecule has 142 valence electrons. The minimum Gasteiger partial charge on any atom is -0.396 e. The molecule has 0 radical (unpaired) electrons. The summed E-state index contributed by atoms with van der Waals surface area (Å²) in [6.45, 7) is 7.23. The summed E-state index contributed by atoms with van der Waals surface area (Å²) in [5, 5.41) is 25.5. The Hall–Kier alpha value is -2.62. The molecular weight excluding hydrogens is 340 g/mol. The van der Waals surface area contributed by atoms with Crippen LogP contribution in [0.15, 0.2) is 24.3 Å². The van der Waals surface area contributed by atoms with Crippen molar-refractivity contribution in [3.8, 4) is 6.07 Å². The van der Waals surface area contributed by atoms with Gasteiger partial charge in [0.05, 0.1) is 17.8 Å². The van der Waals surface area contributed by atoms with Crippen LogP contribution in [0, 0.1) is 18.3 Å². The second-order valence-electron chi connectivity index (χ2n) is 7.47. The van der Waals surface area contributed by atoms with Gasteiger partial charge in [0.2, 0.25) is 0 Å². The number of ether oxygens (including phenoxy) is 1. The number of fused-ring (bicyclic) bond motifs is 1. The van der Waals surface area contributed by atoms with Gasteiger partial charge in [-0.2, -0.15) is 5.26 Å². The predicted molar refractivity (Wildman–Crippen MR) is 106 cm³/mol. The molecule has 0 aliphatic carbocycles. The highest BCUT2D eigenvalue weighted by molar-refractivity contribution is 5.70. The van der Waals surface area contributed by atoms with E-state index in [0.717, 1.165) is 16.8 Å². The second-order valence-corrected chi connectivity index (χ2v) is 7.47. The number of benzene rings is 1. The Morgan fingerprint density at radius 1 is 1.22 bits per heavy atom. The van der Waals surface area contributed by atoms with Crippen LogP contribution < -0.4 is 10.6 Å². The minimum atomic E-state index is -0.330. The van der Waals surface area contributed by atoms with Crippen molar-refractivity contribution in [2.75, 3.05) is 23.8 Å². The first-order valence-corrected chi connectivity index (χ1v) is 9.22. The van der Waals surface area contributed by atoms with E-state index in [0.29, 0.717) is 43.2 Å². The van der Waals surface area contributed by atoms with E-state index in [1.54, 1.807) is 0 Å². The quantitative estimate of drug-likeness (QED) is 0.676. The molecule has 1 aliphatic heterocycles. The molecule has 0 saturated heterocycles. The SMILES string of the molecule is Cc1ccc(Nc2nc(NCCCO)c3c(c2C#N)CC(C)(C)OC3)cc1. The number of nitriles is 1. The van der Waals surface area contributed by atoms with E-state index in [1.807, 2.05) is 45.0 Å². The van der Waals surface area contributed by atoms with Crippen LogP contribution in [0.25, 0.3) is 0 Å². The lowest BCUT2D eigenvalue weighted by Gasteiger charge is -2.33. The lowest BCUT2D eigenvalue weighted by atomic mass is 9.89. The van der Waals surface area contributed by atoms with E-state index >= 15 is 0 Å². The molecule has 0 unspecified atom stereocenters. The van der Waals surface area contributed by atoms with Gasteiger partial charge < -0.3 is 20.5 Å². The number of hydrogen-bond acceptors (Lipinski definition) is 6. The molecule has 1 aromatic carbocycles. The average Bonchev–Trinajstić information content (AvgIpc) is 2.63. The molecule has 0 bridgehead atoms. The zero-order valence-corrected chi connectivity index (χ0v) is 16.1. The fourth-order valence-electron chi connectivity index (χ4n) is 3.18. The first-order chi connectivity index (χ1) is 12.9. The fraction of sp³-hybridized carbons (Fsp3) is 0.429. The smallest absolute Gasteiger partial charge is 0.151 e. The van der Waals surface area contributed by atoms with Crippen molar-refractivity contribution in [2.45, 2.75) is 45.8 Å². The van der Waals surface area contributed by atoms with Crippen molar-refractivity contribution in [3.05, 3.63) is 46.5 Å². The molecule has 2 heterocycles. The molecule has 27 heavy (non-hydrogen) atoms. The van der Waals surface area contributed by atoms with E-state index in [4.69, 9.17) is 9.84 Å². The highest BCUT2D eigenvalue weighted by Gasteiger charge is 2.31. The Bertz CT molecular complexity index is 854. The Morgan fingerprint density at radius 3 is 2.63 bits per heavy atom. The number of aromatic nitrogens is 1. The molecule has 1 aliphatic rings. The van der Waals surface area contributed by atoms with Crippen LogP contribution in [0.2, 0.25) is 0 Å². The van der Waals surface area contributed by atoms with Crippen molar-refractivity contribution in [1.82, 2.24) is 4.98 Å². The number of rotatable bonds is 6. The zero-order chi connectivity index (χ0) is 19.4. The van der Waals surface area contributed by atoms with Crippen LogP contribution >= 0.6 is 0 Å². The van der Waals surface area contributed by atoms with Gasteiger partial charge in [0.25, 0.3) is 0 Å². The Morgan fingerprint density at radius 2 is 1.96 bits per heavy atom. The molecule has 3 N–H and O–H groups in total. The monoisotopic (exact) mass is 366 g/mol. The van der Waals surface area contributed by atoms with E-state index in [1.165, 1.54) is 5.56 Å². The molecule has 0 spiro atoms. The lowest BCUT2D eigenvalue weighted by Crippen LogP contribution is -2.33. The van der Waals surface area contributed by atoms with Gasteiger partial charge >= 0.3 is 0 Å². The summed E-state index contributed by atoms with van der Waals surface area (Å²) in [6, 6.07) is 10.3. The van der Waals surface area contributed by atoms with E-state index in [2.05, 4.69) is 21.7 Å². The molecule has 3 rings (SSSR count). The summed E-state index contributed by atoms with van der Waals surface area (Å²) in [4.78, 5) is 4.69. The van der Waals surface area contributed by atoms with Gasteiger partial charge in [0.1, 0.15) is 11.9 Å². The van der Waals surface area contributed by atoms with Gasteiger partial charge in [0.15, 0.2) is 5.82 Å². The number of hydrogen-bond donors (Lipinski definition) is 3. The highest BCUT2D eigenvalue weighted by Crippen LogP contribution is 2.37. The Kier molecular flexibility index (Phi) is 5.64. The van der Waals surface area contributed by atoms with E-state index < -0.39 is 0 Å². The van der Waals surface area contributed by atoms with Crippen LogP contribution in [0.3, 0.4) is 0 Å². The maximum absolute atomic E-state index is 9.85. The fourth-order valence-corrected chi connectivity index (χ4v) is 3.18. The van der Waals surface area contributed by atoms with Gasteiger partial charge in [0, 0.05) is 30.8 Å². The Labute approximate surface area is 160 Å². The number of pyridine rings is 1. The molecule has 6 nitrogen and oxygen atoms in total. The average molecular weight is 366 g/mol. The summed E-state index contributed by atoms with van der Waals surface area (Å²) in [6.07, 6.45) is 1.27. The number of nitrogens with zero attached hydrogens (tertiary/aromatic N) is 2. The molecule has 6 heteroatoms. The molecule has 0 saturated carbocycles. The third kappa shape index (κ3) is 4.38. The lowest BCUT2D eigenvalue weighted by molar-refractivity contribution is -0.0399. The van der Waals surface area contributed by atoms with Crippen molar-refractivity contribution in [3.63, 3.8) is 0 Å². The number of nitrogens with one attached hydrogen (secondary N) is 2. The maximum Gasteiger partial charge on any atom is 0.151 e. The molecule has 0 fully saturated rings. The number of aliphatic hydroxyl groups is 1. The van der Waals surface area contributed by atoms with Crippen molar-refractivity contribution in [2.24, 2.45) is 0 Å². The van der Waals surface area contributed by atoms with Gasteiger partial charge in [-0.25, -0.2) is 4.98 Å². The highest BCUT2D eigenvalue weighted by atomic mass is 16.5. The first kappa shape index (κ1) is 19.2. The molecule has 0 atom stereocenters. The van der Waals surface area contributed by atoms with Gasteiger partial charge in [-0.05, 0) is 44.9 Å². The normalized spacial score (nSPS) is 14.9. The Balaban J connectivity index is 2.04. The third-order valence-electron chi connectivity index (χ3n) is 4.68. The summed E-state index contributed by atoms with van der Waals surface area (Å²) in [7, 11) is 0. The third-order valence-corrected chi connectivity index (χ3v) is 4.68. The number of anilines is 3. The summed E-state index contributed by atoms with van der Waals surface area (Å²) in [5.41, 5.74) is 4.20. The van der Waals surface area contributed by atoms with Gasteiger partial charge in [-0.3, -0.25) is 0 Å². The maximum atomic E-state index is 9.85. The summed E-state index contributed by atoms with van der Waals surface area (Å²) < 4.78 is 5.95. The number of aliphatic hydroxyl groups excluding tert-OH is 1. The zero-order valence-electron chi connectivity index (χ0n) is 16.1. The van der Waals surface area contributed by atoms with Gasteiger partial charge in [-0.1, -0.05) is 17.7 Å². The van der Waals surface area contributed by atoms with Crippen LogP contribution in [0.5, 0.6) is 0 Å². The topological polar surface area (TPSA) is 90.2 Å². The second kappa shape index (κ2) is 7.95. The van der Waals surface area contributed by atoms with Crippen LogP contribution in [-0.4, -0.2) is 28.8 Å². The van der Waals surface area contributed by atoms with Crippen LogP contribution in [0.1, 0.15) is 42.5 Å². The van der Waals surface area contributed by atoms with E-state index in [-0.39, 0.29) is 12.2 Å². The molecule has 1 aromatic heterocycles. The number of aryl methyl sites for hydroxylation is 1. The summed E-state index contributed by atoms with van der Waals surface area (Å²) >= 11 is 0. The van der Waals surface area contributed by atoms with Crippen molar-refractivity contribution < 1.29 is 9.84 Å². The molecular formula is C21H26N4O2. The van der Waals surface area contributed by atoms with Crippen LogP contribution in [-0.2, 0) is 17.8 Å². The summed E-state index contributed by atoms with van der Waals surface area (Å²) in [5.74, 6) is 1.26. The van der Waals surface area contributed by atoms with Crippen molar-refractivity contribution >= 4 is 17.3 Å². The standard InChI is InChI=1S/C21H26N4O2/c1-14-5-7-15(8-6-14)24-20-17(12-22)16-11-21(2,3)27-13-18(16)19(25-20)23-9-4-10-26/h5-8,26H,4,9-11,13H2,1-3H3,(H2,23,24,25). The molecule has 2 aromatic rings. The van der Waals surface area contributed by atoms with Crippen LogP contribution in [0.4, 0.5) is 17.3 Å². The molecule has 0 amide bonds. The van der Waals surface area contributed by atoms with Gasteiger partial charge in [-0.15, -0.1) is 0 Å². The van der Waals surface area contributed by atoms with Crippen molar-refractivity contribution in [1.29, 1.82) is 5.26 Å². The largest absolute Gasteiger partial charge is 0.396 e. The minimum absolute atomic E-state index is 0.115. The predicted octanol–water partition coefficient (Wildman–Crippen LogP) is 3.65. The van der Waals surface area contributed by atoms with E-state index in [9.17, 15) is 5.26 Å².